The standard InChI is InChI=1S/C18H38O10/c1-15(21,23-5)17(3,25-7)27-11-9-13(19)14(20)10-12-28-18(4,26-8)16(2,22)24-6/h13-14,19-22H,9-12H2,1-8H3/t13-,14?,15?,16?,17?,18?/m1/s1. The second kappa shape index (κ2) is 11.1. The number of aliphatic hydroxyl groups is 4. The molecule has 0 saturated carbocycles. The monoisotopic (exact) mass is 414 g/mol. The van der Waals surface area contributed by atoms with Gasteiger partial charge in [-0.05, 0) is 40.5 Å². The van der Waals surface area contributed by atoms with E-state index in [0.717, 1.165) is 0 Å². The Hall–Kier alpha value is -0.400. The highest BCUT2D eigenvalue weighted by Gasteiger charge is 2.47. The maximum absolute atomic E-state index is 10.2. The van der Waals surface area contributed by atoms with E-state index < -0.39 is 35.4 Å². The van der Waals surface area contributed by atoms with E-state index in [2.05, 4.69) is 0 Å². The van der Waals surface area contributed by atoms with Gasteiger partial charge in [0.1, 0.15) is 0 Å². The zero-order valence-electron chi connectivity index (χ0n) is 18.2. The van der Waals surface area contributed by atoms with Crippen molar-refractivity contribution < 1.29 is 48.8 Å². The summed E-state index contributed by atoms with van der Waals surface area (Å²) in [5, 5.41) is 40.6. The van der Waals surface area contributed by atoms with Gasteiger partial charge in [0.15, 0.2) is 0 Å². The Kier molecular flexibility index (Phi) is 11.0. The highest BCUT2D eigenvalue weighted by atomic mass is 16.8. The largest absolute Gasteiger partial charge is 0.390 e. The van der Waals surface area contributed by atoms with Crippen LogP contribution in [-0.2, 0) is 28.4 Å². The molecule has 0 bridgehead atoms. The van der Waals surface area contributed by atoms with Crippen LogP contribution >= 0.6 is 0 Å². The second-order valence-corrected chi connectivity index (χ2v) is 7.08. The van der Waals surface area contributed by atoms with Crippen LogP contribution in [0.1, 0.15) is 40.5 Å². The van der Waals surface area contributed by atoms with Crippen LogP contribution in [-0.4, -0.2) is 97.4 Å². The number of aliphatic hydroxyl groups excluding tert-OH is 2. The van der Waals surface area contributed by atoms with Crippen molar-refractivity contribution in [2.45, 2.75) is 75.9 Å². The summed E-state index contributed by atoms with van der Waals surface area (Å²) in [6.45, 7) is 5.77. The lowest BCUT2D eigenvalue weighted by molar-refractivity contribution is -0.373. The zero-order valence-corrected chi connectivity index (χ0v) is 18.2. The second-order valence-electron chi connectivity index (χ2n) is 7.08. The summed E-state index contributed by atoms with van der Waals surface area (Å²) in [6, 6.07) is 0. The van der Waals surface area contributed by atoms with Crippen LogP contribution < -0.4 is 0 Å². The van der Waals surface area contributed by atoms with Crippen molar-refractivity contribution >= 4 is 0 Å². The average Bonchev–Trinajstić information content (AvgIpc) is 2.66. The number of rotatable bonds is 15. The van der Waals surface area contributed by atoms with Gasteiger partial charge in [-0.1, -0.05) is 0 Å². The lowest BCUT2D eigenvalue weighted by Crippen LogP contribution is -2.55. The minimum absolute atomic E-state index is 0.00287. The molecule has 0 heterocycles. The lowest BCUT2D eigenvalue weighted by atomic mass is 10.1. The highest BCUT2D eigenvalue weighted by molar-refractivity contribution is 4.80. The molecule has 0 aromatic heterocycles. The van der Waals surface area contributed by atoms with E-state index in [-0.39, 0.29) is 26.1 Å². The van der Waals surface area contributed by atoms with Gasteiger partial charge in [-0.3, -0.25) is 0 Å². The van der Waals surface area contributed by atoms with E-state index in [1.807, 2.05) is 0 Å². The van der Waals surface area contributed by atoms with Gasteiger partial charge in [0.25, 0.3) is 0 Å². The van der Waals surface area contributed by atoms with Gasteiger partial charge in [0.2, 0.25) is 23.1 Å². The van der Waals surface area contributed by atoms with Gasteiger partial charge < -0.3 is 48.8 Å². The van der Waals surface area contributed by atoms with Gasteiger partial charge in [0, 0.05) is 28.4 Å². The highest BCUT2D eigenvalue weighted by Crippen LogP contribution is 2.29. The molecule has 28 heavy (non-hydrogen) atoms. The summed E-state index contributed by atoms with van der Waals surface area (Å²) < 4.78 is 31.3. The van der Waals surface area contributed by atoms with E-state index >= 15 is 0 Å². The molecular weight excluding hydrogens is 376 g/mol. The lowest BCUT2D eigenvalue weighted by Gasteiger charge is -2.40. The molecule has 4 N–H and O–H groups in total. The normalized spacial score (nSPS) is 23.1. The number of hydrogen-bond acceptors (Lipinski definition) is 10. The molecule has 0 aliphatic heterocycles. The molecular formula is C18H38O10. The van der Waals surface area contributed by atoms with Crippen molar-refractivity contribution in [1.82, 2.24) is 0 Å². The first-order valence-corrected chi connectivity index (χ1v) is 9.05. The maximum atomic E-state index is 10.2. The van der Waals surface area contributed by atoms with Crippen molar-refractivity contribution in [3.8, 4) is 0 Å². The molecule has 0 spiro atoms. The Morgan fingerprint density at radius 1 is 0.607 bits per heavy atom. The molecule has 0 aromatic rings. The van der Waals surface area contributed by atoms with Crippen molar-refractivity contribution in [2.75, 3.05) is 41.7 Å². The number of ether oxygens (including phenoxy) is 6. The minimum atomic E-state index is -1.71. The summed E-state index contributed by atoms with van der Waals surface area (Å²) in [7, 11) is 5.34. The molecule has 0 aliphatic carbocycles. The maximum Gasteiger partial charge on any atom is 0.220 e. The fourth-order valence-corrected chi connectivity index (χ4v) is 2.27. The zero-order chi connectivity index (χ0) is 22.2. The van der Waals surface area contributed by atoms with E-state index in [0.29, 0.717) is 0 Å². The molecule has 0 amide bonds. The van der Waals surface area contributed by atoms with E-state index in [1.54, 1.807) is 0 Å². The van der Waals surface area contributed by atoms with Crippen LogP contribution in [0.5, 0.6) is 0 Å². The molecule has 0 saturated heterocycles. The Labute approximate surface area is 167 Å². The Bertz CT molecular complexity index is 404. The predicted octanol–water partition coefficient (Wildman–Crippen LogP) is -0.0434. The molecule has 10 nitrogen and oxygen atoms in total. The molecule has 0 aliphatic rings. The van der Waals surface area contributed by atoms with Crippen LogP contribution in [0.2, 0.25) is 0 Å². The van der Waals surface area contributed by atoms with Gasteiger partial charge in [0.05, 0.1) is 25.4 Å². The van der Waals surface area contributed by atoms with Crippen LogP contribution in [0.3, 0.4) is 0 Å². The fourth-order valence-electron chi connectivity index (χ4n) is 2.27. The number of hydrogen-bond donors (Lipinski definition) is 4. The average molecular weight is 414 g/mol. The quantitative estimate of drug-likeness (QED) is 0.270. The third kappa shape index (κ3) is 6.84. The molecule has 0 rings (SSSR count). The number of methoxy groups -OCH3 is 4. The van der Waals surface area contributed by atoms with Crippen molar-refractivity contribution in [1.29, 1.82) is 0 Å². The van der Waals surface area contributed by atoms with Crippen LogP contribution in [0.4, 0.5) is 0 Å². The summed E-state index contributed by atoms with van der Waals surface area (Å²) >= 11 is 0. The SMILES string of the molecule is COC(C)(O)C(C)(OC)OCCC(O)[C@H](O)CCOC(C)(OC)C(C)(O)OC. The molecule has 6 atom stereocenters. The topological polar surface area (TPSA) is 136 Å². The summed E-state index contributed by atoms with van der Waals surface area (Å²) in [6.07, 6.45) is -2.04. The van der Waals surface area contributed by atoms with E-state index in [9.17, 15) is 20.4 Å². The summed E-state index contributed by atoms with van der Waals surface area (Å²) in [5.41, 5.74) is 0. The van der Waals surface area contributed by atoms with Crippen LogP contribution in [0, 0.1) is 0 Å². The van der Waals surface area contributed by atoms with Crippen molar-refractivity contribution in [3.05, 3.63) is 0 Å². The first-order valence-electron chi connectivity index (χ1n) is 9.05. The van der Waals surface area contributed by atoms with Gasteiger partial charge >= 0.3 is 0 Å². The Balaban J connectivity index is 4.53. The smallest absolute Gasteiger partial charge is 0.220 e. The first kappa shape index (κ1) is 27.6. The predicted molar refractivity (Wildman–Crippen MR) is 99.2 cm³/mol. The van der Waals surface area contributed by atoms with Gasteiger partial charge in [-0.25, -0.2) is 0 Å². The Morgan fingerprint density at radius 3 is 1.11 bits per heavy atom. The Morgan fingerprint density at radius 2 is 0.893 bits per heavy atom. The van der Waals surface area contributed by atoms with E-state index in [4.69, 9.17) is 28.4 Å². The molecule has 170 valence electrons. The molecule has 0 aromatic carbocycles. The first-order chi connectivity index (χ1) is 12.8. The third-order valence-corrected chi connectivity index (χ3v) is 5.29. The third-order valence-electron chi connectivity index (χ3n) is 5.29. The van der Waals surface area contributed by atoms with Crippen LogP contribution in [0.25, 0.3) is 0 Å². The molecule has 5 unspecified atom stereocenters. The minimum Gasteiger partial charge on any atom is -0.390 e. The van der Waals surface area contributed by atoms with Crippen LogP contribution in [0.15, 0.2) is 0 Å². The van der Waals surface area contributed by atoms with Crippen molar-refractivity contribution in [3.63, 3.8) is 0 Å². The van der Waals surface area contributed by atoms with E-state index in [1.165, 1.54) is 56.1 Å². The molecule has 0 fully saturated rings. The van der Waals surface area contributed by atoms with Crippen molar-refractivity contribution in [2.24, 2.45) is 0 Å². The summed E-state index contributed by atoms with van der Waals surface area (Å²) in [5.74, 6) is -6.33. The molecule has 10 heteroatoms. The fraction of sp³-hybridized carbons (Fsp3) is 1.00. The summed E-state index contributed by atoms with van der Waals surface area (Å²) in [4.78, 5) is 0. The molecule has 0 radical (unpaired) electrons. The van der Waals surface area contributed by atoms with Gasteiger partial charge in [-0.2, -0.15) is 0 Å². The van der Waals surface area contributed by atoms with Gasteiger partial charge in [-0.15, -0.1) is 0 Å².